The van der Waals surface area contributed by atoms with Gasteiger partial charge in [0, 0.05) is 18.0 Å². The molecule has 0 unspecified atom stereocenters. The van der Waals surface area contributed by atoms with Crippen molar-refractivity contribution in [2.24, 2.45) is 5.92 Å². The Balaban J connectivity index is 1.78. The minimum atomic E-state index is -4.19. The zero-order valence-corrected chi connectivity index (χ0v) is 11.2. The number of alkyl halides is 3. The average molecular weight is 285 g/mol. The largest absolute Gasteiger partial charge is 0.493 e. The summed E-state index contributed by atoms with van der Waals surface area (Å²) in [5.41, 5.74) is -1.37. The van der Waals surface area contributed by atoms with Crippen LogP contribution in [0.3, 0.4) is 0 Å². The fraction of sp³-hybridized carbons (Fsp3) is 0.600. The second-order valence-electron chi connectivity index (χ2n) is 5.75. The number of hydrogen-bond donors (Lipinski definition) is 1. The molecule has 1 saturated carbocycles. The lowest BCUT2D eigenvalue weighted by Gasteiger charge is -2.23. The van der Waals surface area contributed by atoms with Crippen molar-refractivity contribution < 1.29 is 17.9 Å². The molecule has 1 aromatic rings. The van der Waals surface area contributed by atoms with Crippen molar-refractivity contribution >= 4 is 0 Å². The Labute approximate surface area is 116 Å². The van der Waals surface area contributed by atoms with E-state index in [2.05, 4.69) is 5.32 Å². The molecule has 1 aliphatic heterocycles. The lowest BCUT2D eigenvalue weighted by atomic mass is 9.94. The Bertz CT molecular complexity index is 476. The molecular weight excluding hydrogens is 267 g/mol. The maximum atomic E-state index is 13.2. The van der Waals surface area contributed by atoms with Gasteiger partial charge in [-0.15, -0.1) is 0 Å². The van der Waals surface area contributed by atoms with Crippen molar-refractivity contribution in [2.75, 3.05) is 19.7 Å². The highest BCUT2D eigenvalue weighted by Crippen LogP contribution is 2.60. The summed E-state index contributed by atoms with van der Waals surface area (Å²) >= 11 is 0. The van der Waals surface area contributed by atoms with Crippen molar-refractivity contribution in [3.8, 4) is 5.75 Å². The van der Waals surface area contributed by atoms with Crippen LogP contribution < -0.4 is 10.1 Å². The molecule has 2 aliphatic rings. The molecule has 1 aliphatic carbocycles. The van der Waals surface area contributed by atoms with Gasteiger partial charge in [-0.25, -0.2) is 0 Å². The van der Waals surface area contributed by atoms with E-state index in [9.17, 15) is 13.2 Å². The van der Waals surface area contributed by atoms with Crippen molar-refractivity contribution in [1.29, 1.82) is 0 Å². The minimum Gasteiger partial charge on any atom is -0.493 e. The topological polar surface area (TPSA) is 21.3 Å². The zero-order valence-electron chi connectivity index (χ0n) is 11.2. The highest BCUT2D eigenvalue weighted by molar-refractivity contribution is 5.44. The van der Waals surface area contributed by atoms with E-state index in [-0.39, 0.29) is 12.8 Å². The van der Waals surface area contributed by atoms with Crippen LogP contribution in [0.4, 0.5) is 13.2 Å². The molecule has 1 saturated heterocycles. The molecule has 0 spiro atoms. The van der Waals surface area contributed by atoms with Crippen LogP contribution in [-0.2, 0) is 5.41 Å². The van der Waals surface area contributed by atoms with E-state index in [0.29, 0.717) is 23.8 Å². The van der Waals surface area contributed by atoms with Crippen LogP contribution in [0.25, 0.3) is 0 Å². The first-order chi connectivity index (χ1) is 9.53. The predicted molar refractivity (Wildman–Crippen MR) is 69.9 cm³/mol. The van der Waals surface area contributed by atoms with E-state index in [0.717, 1.165) is 19.5 Å². The Morgan fingerprint density at radius 1 is 1.25 bits per heavy atom. The summed E-state index contributed by atoms with van der Waals surface area (Å²) in [6, 6.07) is 6.61. The van der Waals surface area contributed by atoms with Gasteiger partial charge < -0.3 is 10.1 Å². The van der Waals surface area contributed by atoms with Gasteiger partial charge >= 0.3 is 6.18 Å². The molecule has 0 aromatic heterocycles. The standard InChI is InChI=1S/C15H18F3NO/c16-15(17,18)14(6-7-14)12-3-1-2-4-13(12)20-10-11-5-8-19-9-11/h1-4,11,19H,5-10H2/t11-/m0/s1. The third-order valence-electron chi connectivity index (χ3n) is 4.33. The lowest BCUT2D eigenvalue weighted by molar-refractivity contribution is -0.161. The van der Waals surface area contributed by atoms with E-state index in [1.165, 1.54) is 0 Å². The molecule has 3 rings (SSSR count). The summed E-state index contributed by atoms with van der Waals surface area (Å²) in [6.45, 7) is 2.33. The summed E-state index contributed by atoms with van der Waals surface area (Å²) in [5.74, 6) is 0.790. The van der Waals surface area contributed by atoms with Crippen LogP contribution in [0.15, 0.2) is 24.3 Å². The van der Waals surface area contributed by atoms with Gasteiger partial charge in [-0.2, -0.15) is 13.2 Å². The molecule has 2 nitrogen and oxygen atoms in total. The summed E-state index contributed by atoms with van der Waals surface area (Å²) < 4.78 is 45.4. The second kappa shape index (κ2) is 4.95. The highest BCUT2D eigenvalue weighted by Gasteiger charge is 2.65. The molecule has 0 bridgehead atoms. The average Bonchev–Trinajstić information content (AvgIpc) is 3.08. The van der Waals surface area contributed by atoms with Gasteiger partial charge in [-0.05, 0) is 31.9 Å². The Kier molecular flexibility index (Phi) is 3.40. The van der Waals surface area contributed by atoms with Crippen molar-refractivity contribution in [3.05, 3.63) is 29.8 Å². The van der Waals surface area contributed by atoms with Gasteiger partial charge in [0.25, 0.3) is 0 Å². The fourth-order valence-electron chi connectivity index (χ4n) is 2.88. The molecule has 1 heterocycles. The van der Waals surface area contributed by atoms with E-state index >= 15 is 0 Å². The molecule has 1 aromatic carbocycles. The van der Waals surface area contributed by atoms with Crippen LogP contribution in [0.5, 0.6) is 5.75 Å². The molecule has 110 valence electrons. The number of ether oxygens (including phenoxy) is 1. The van der Waals surface area contributed by atoms with Crippen molar-refractivity contribution in [1.82, 2.24) is 5.32 Å². The monoisotopic (exact) mass is 285 g/mol. The Morgan fingerprint density at radius 3 is 2.60 bits per heavy atom. The number of para-hydroxylation sites is 1. The molecule has 1 atom stereocenters. The molecular formula is C15H18F3NO. The van der Waals surface area contributed by atoms with Gasteiger partial charge in [-0.3, -0.25) is 0 Å². The Hall–Kier alpha value is -1.23. The molecule has 0 radical (unpaired) electrons. The summed E-state index contributed by atoms with van der Waals surface area (Å²) in [5, 5.41) is 3.23. The Morgan fingerprint density at radius 2 is 2.00 bits per heavy atom. The van der Waals surface area contributed by atoms with E-state index in [4.69, 9.17) is 4.74 Å². The maximum absolute atomic E-state index is 13.2. The summed E-state index contributed by atoms with van der Waals surface area (Å²) in [4.78, 5) is 0. The van der Waals surface area contributed by atoms with Gasteiger partial charge in [0.1, 0.15) is 5.75 Å². The number of nitrogens with one attached hydrogen (secondary N) is 1. The first-order valence-corrected chi connectivity index (χ1v) is 7.03. The molecule has 1 N–H and O–H groups in total. The SMILES string of the molecule is FC(F)(F)C1(c2ccccc2OC[C@H]2CCNC2)CC1. The van der Waals surface area contributed by atoms with Crippen LogP contribution in [0.2, 0.25) is 0 Å². The molecule has 0 amide bonds. The zero-order chi connectivity index (χ0) is 14.2. The first-order valence-electron chi connectivity index (χ1n) is 7.03. The summed E-state index contributed by atoms with van der Waals surface area (Å²) in [6.07, 6.45) is -2.84. The number of hydrogen-bond acceptors (Lipinski definition) is 2. The first kappa shape index (κ1) is 13.7. The normalized spacial score (nSPS) is 24.6. The molecule has 2 fully saturated rings. The second-order valence-corrected chi connectivity index (χ2v) is 5.75. The third kappa shape index (κ3) is 2.39. The van der Waals surface area contributed by atoms with Gasteiger partial charge in [-0.1, -0.05) is 18.2 Å². The van der Waals surface area contributed by atoms with Crippen molar-refractivity contribution in [2.45, 2.75) is 30.9 Å². The number of rotatable bonds is 4. The fourth-order valence-corrected chi connectivity index (χ4v) is 2.88. The molecule has 5 heteroatoms. The predicted octanol–water partition coefficient (Wildman–Crippen LogP) is 3.27. The van der Waals surface area contributed by atoms with E-state index < -0.39 is 11.6 Å². The third-order valence-corrected chi connectivity index (χ3v) is 4.33. The smallest absolute Gasteiger partial charge is 0.398 e. The van der Waals surface area contributed by atoms with Gasteiger partial charge in [0.2, 0.25) is 0 Å². The van der Waals surface area contributed by atoms with E-state index in [1.54, 1.807) is 24.3 Å². The molecule has 20 heavy (non-hydrogen) atoms. The highest BCUT2D eigenvalue weighted by atomic mass is 19.4. The lowest BCUT2D eigenvalue weighted by Crippen LogP contribution is -2.29. The number of halogens is 3. The van der Waals surface area contributed by atoms with Crippen LogP contribution in [-0.4, -0.2) is 25.9 Å². The van der Waals surface area contributed by atoms with Crippen LogP contribution in [0, 0.1) is 5.92 Å². The van der Waals surface area contributed by atoms with Crippen LogP contribution >= 0.6 is 0 Å². The summed E-state index contributed by atoms with van der Waals surface area (Å²) in [7, 11) is 0. The quantitative estimate of drug-likeness (QED) is 0.916. The van der Waals surface area contributed by atoms with Crippen LogP contribution in [0.1, 0.15) is 24.8 Å². The number of benzene rings is 1. The van der Waals surface area contributed by atoms with Crippen molar-refractivity contribution in [3.63, 3.8) is 0 Å². The van der Waals surface area contributed by atoms with Gasteiger partial charge in [0.15, 0.2) is 0 Å². The van der Waals surface area contributed by atoms with Gasteiger partial charge in [0.05, 0.1) is 12.0 Å². The van der Waals surface area contributed by atoms with E-state index in [1.807, 2.05) is 0 Å². The maximum Gasteiger partial charge on any atom is 0.398 e. The minimum absolute atomic E-state index is 0.169.